The number of hydrogen-bond donors (Lipinski definition) is 1. The molecule has 2 atom stereocenters. The number of nitrogens with two attached hydrogens (primary N) is 1. The molecule has 0 amide bonds. The van der Waals surface area contributed by atoms with E-state index in [-0.39, 0.29) is 10.8 Å². The first-order chi connectivity index (χ1) is 11.6. The number of alkyl halides is 3. The first-order valence-corrected chi connectivity index (χ1v) is 8.01. The minimum atomic E-state index is -4.60. The van der Waals surface area contributed by atoms with Gasteiger partial charge in [-0.3, -0.25) is 4.79 Å². The summed E-state index contributed by atoms with van der Waals surface area (Å²) in [6.45, 7) is 3.54. The molecule has 25 heavy (non-hydrogen) atoms. The van der Waals surface area contributed by atoms with E-state index in [9.17, 15) is 18.0 Å². The summed E-state index contributed by atoms with van der Waals surface area (Å²) in [5.41, 5.74) is 4.21. The summed E-state index contributed by atoms with van der Waals surface area (Å²) in [4.78, 5) is 13.2. The summed E-state index contributed by atoms with van der Waals surface area (Å²) in [6.07, 6.45) is 3.25. The Bertz CT molecular complexity index is 938. The highest BCUT2D eigenvalue weighted by Gasteiger charge is 2.36. The molecule has 0 fully saturated rings. The zero-order valence-electron chi connectivity index (χ0n) is 14.0. The first-order valence-electron chi connectivity index (χ1n) is 8.01. The molecule has 0 saturated carbocycles. The first kappa shape index (κ1) is 17.5. The Morgan fingerprint density at radius 3 is 2.56 bits per heavy atom. The highest BCUT2D eigenvalue weighted by Crippen LogP contribution is 2.35. The second kappa shape index (κ2) is 5.88. The molecule has 0 aliphatic heterocycles. The number of benzene rings is 1. The molecule has 2 aromatic rings. The molecule has 2 N–H and O–H groups in total. The van der Waals surface area contributed by atoms with Crippen molar-refractivity contribution in [2.75, 3.05) is 0 Å². The lowest BCUT2D eigenvalue weighted by Gasteiger charge is -2.33. The molecule has 132 valence electrons. The Balaban J connectivity index is 2.45. The third kappa shape index (κ3) is 2.91. The van der Waals surface area contributed by atoms with Crippen molar-refractivity contribution >= 4 is 10.8 Å². The van der Waals surface area contributed by atoms with Gasteiger partial charge in [0.05, 0.1) is 16.5 Å². The van der Waals surface area contributed by atoms with Gasteiger partial charge >= 0.3 is 6.18 Å². The van der Waals surface area contributed by atoms with Crippen LogP contribution in [0.4, 0.5) is 13.2 Å². The molecule has 1 aromatic carbocycles. The minimum absolute atomic E-state index is 0.252. The van der Waals surface area contributed by atoms with Crippen molar-refractivity contribution in [2.24, 2.45) is 5.73 Å². The average molecular weight is 348 g/mol. The molecule has 3 rings (SSSR count). The molecule has 0 bridgehead atoms. The fourth-order valence-corrected chi connectivity index (χ4v) is 3.36. The number of pyridine rings is 1. The van der Waals surface area contributed by atoms with Crippen molar-refractivity contribution in [3.63, 3.8) is 0 Å². The van der Waals surface area contributed by atoms with Crippen LogP contribution in [0, 0.1) is 0 Å². The van der Waals surface area contributed by atoms with E-state index in [0.717, 1.165) is 6.07 Å². The number of rotatable bonds is 2. The second-order valence-electron chi connectivity index (χ2n) is 6.61. The largest absolute Gasteiger partial charge is 0.417 e. The second-order valence-corrected chi connectivity index (χ2v) is 6.61. The van der Waals surface area contributed by atoms with E-state index in [1.54, 1.807) is 19.1 Å². The maximum Gasteiger partial charge on any atom is 0.417 e. The molecule has 1 aliphatic rings. The van der Waals surface area contributed by atoms with Crippen LogP contribution in [0.15, 0.2) is 53.4 Å². The lowest BCUT2D eigenvalue weighted by Crippen LogP contribution is -2.41. The van der Waals surface area contributed by atoms with Crippen LogP contribution in [0.5, 0.6) is 0 Å². The minimum Gasteiger partial charge on any atom is -0.323 e. The number of nitrogens with zero attached hydrogens (tertiary/aromatic N) is 1. The van der Waals surface area contributed by atoms with Crippen LogP contribution < -0.4 is 11.3 Å². The predicted molar refractivity (Wildman–Crippen MR) is 92.4 cm³/mol. The van der Waals surface area contributed by atoms with Crippen molar-refractivity contribution in [3.05, 3.63) is 70.2 Å². The van der Waals surface area contributed by atoms with Gasteiger partial charge in [-0.05, 0) is 37.8 Å². The maximum atomic E-state index is 13.4. The molecule has 1 unspecified atom stereocenters. The van der Waals surface area contributed by atoms with Crippen LogP contribution in [0.3, 0.4) is 0 Å². The monoisotopic (exact) mass is 348 g/mol. The number of halogens is 3. The van der Waals surface area contributed by atoms with Gasteiger partial charge in [-0.15, -0.1) is 0 Å². The summed E-state index contributed by atoms with van der Waals surface area (Å²) in [6, 6.07) is 4.86. The summed E-state index contributed by atoms with van der Waals surface area (Å²) in [5.74, 6) is 0. The van der Waals surface area contributed by atoms with E-state index >= 15 is 0 Å². The van der Waals surface area contributed by atoms with E-state index in [2.05, 4.69) is 0 Å². The van der Waals surface area contributed by atoms with Crippen molar-refractivity contribution in [1.82, 2.24) is 4.57 Å². The van der Waals surface area contributed by atoms with Crippen LogP contribution in [0.2, 0.25) is 0 Å². The molecule has 1 aliphatic carbocycles. The van der Waals surface area contributed by atoms with Crippen LogP contribution in [0.25, 0.3) is 10.8 Å². The van der Waals surface area contributed by atoms with Crippen molar-refractivity contribution in [1.29, 1.82) is 0 Å². The normalized spacial score (nSPS) is 21.7. The van der Waals surface area contributed by atoms with Gasteiger partial charge in [0, 0.05) is 11.7 Å². The molecule has 6 heteroatoms. The Kier molecular flexibility index (Phi) is 4.11. The fraction of sp³-hybridized carbons (Fsp3) is 0.316. The lowest BCUT2D eigenvalue weighted by molar-refractivity contribution is -0.136. The maximum absolute atomic E-state index is 13.4. The summed E-state index contributed by atoms with van der Waals surface area (Å²) in [7, 11) is 0. The van der Waals surface area contributed by atoms with Gasteiger partial charge in [0.25, 0.3) is 5.56 Å². The van der Waals surface area contributed by atoms with Gasteiger partial charge in [0.15, 0.2) is 0 Å². The molecule has 1 aromatic heterocycles. The van der Waals surface area contributed by atoms with E-state index < -0.39 is 28.9 Å². The SMILES string of the molecule is C[C@H](N)c1cc2cccc(C(F)(F)F)c2c(=O)n1C1(C)C=CC=CC1. The molecular formula is C19H19F3N2O. The van der Waals surface area contributed by atoms with Crippen molar-refractivity contribution < 1.29 is 13.2 Å². The smallest absolute Gasteiger partial charge is 0.323 e. The van der Waals surface area contributed by atoms with E-state index in [1.165, 1.54) is 16.7 Å². The van der Waals surface area contributed by atoms with E-state index in [1.807, 2.05) is 25.2 Å². The van der Waals surface area contributed by atoms with Gasteiger partial charge in [-0.25, -0.2) is 0 Å². The standard InChI is InChI=1S/C19H19F3N2O/c1-12(23)15-11-13-7-6-8-14(19(20,21)22)16(13)17(25)24(15)18(2)9-4-3-5-10-18/h3-9,11-12H,10,23H2,1-2H3/t12-,18?/m0/s1. The Hall–Kier alpha value is -2.34. The third-order valence-corrected chi connectivity index (χ3v) is 4.59. The molecule has 0 spiro atoms. The van der Waals surface area contributed by atoms with Crippen molar-refractivity contribution in [2.45, 2.75) is 38.0 Å². The number of hydrogen-bond acceptors (Lipinski definition) is 2. The van der Waals surface area contributed by atoms with Gasteiger partial charge in [0.1, 0.15) is 0 Å². The summed E-state index contributed by atoms with van der Waals surface area (Å²) < 4.78 is 41.7. The quantitative estimate of drug-likeness (QED) is 0.881. The third-order valence-electron chi connectivity index (χ3n) is 4.59. The summed E-state index contributed by atoms with van der Waals surface area (Å²) in [5, 5.41) is -0.0640. The highest BCUT2D eigenvalue weighted by atomic mass is 19.4. The van der Waals surface area contributed by atoms with Gasteiger partial charge in [0.2, 0.25) is 0 Å². The lowest BCUT2D eigenvalue weighted by atomic mass is 9.91. The van der Waals surface area contributed by atoms with Crippen LogP contribution in [0.1, 0.15) is 37.6 Å². The van der Waals surface area contributed by atoms with Crippen LogP contribution >= 0.6 is 0 Å². The van der Waals surface area contributed by atoms with Crippen LogP contribution in [-0.4, -0.2) is 4.57 Å². The van der Waals surface area contributed by atoms with E-state index in [0.29, 0.717) is 12.1 Å². The van der Waals surface area contributed by atoms with Gasteiger partial charge < -0.3 is 10.3 Å². The molecule has 1 heterocycles. The van der Waals surface area contributed by atoms with Gasteiger partial charge in [-0.1, -0.05) is 36.4 Å². The topological polar surface area (TPSA) is 48.0 Å². The Morgan fingerprint density at radius 1 is 1.28 bits per heavy atom. The molecule has 0 radical (unpaired) electrons. The van der Waals surface area contributed by atoms with E-state index in [4.69, 9.17) is 5.73 Å². The number of aromatic nitrogens is 1. The molecule has 3 nitrogen and oxygen atoms in total. The molecule has 0 saturated heterocycles. The highest BCUT2D eigenvalue weighted by molar-refractivity contribution is 5.86. The fourth-order valence-electron chi connectivity index (χ4n) is 3.36. The van der Waals surface area contributed by atoms with Crippen molar-refractivity contribution in [3.8, 4) is 0 Å². The number of allylic oxidation sites excluding steroid dienone is 4. The van der Waals surface area contributed by atoms with Crippen LogP contribution in [-0.2, 0) is 11.7 Å². The molecular weight excluding hydrogens is 329 g/mol. The van der Waals surface area contributed by atoms with Gasteiger partial charge in [-0.2, -0.15) is 13.2 Å². The number of fused-ring (bicyclic) bond motifs is 1. The average Bonchev–Trinajstić information content (AvgIpc) is 2.53. The summed E-state index contributed by atoms with van der Waals surface area (Å²) >= 11 is 0. The predicted octanol–water partition coefficient (Wildman–Crippen LogP) is 4.27. The zero-order valence-corrected chi connectivity index (χ0v) is 14.0. The Morgan fingerprint density at radius 2 is 2.00 bits per heavy atom. The zero-order chi connectivity index (χ0) is 18.4. The Labute approximate surface area is 143 Å².